The van der Waals surface area contributed by atoms with E-state index < -0.39 is 0 Å². The molecule has 2 aliphatic carbocycles. The Morgan fingerprint density at radius 3 is 2.53 bits per heavy atom. The predicted molar refractivity (Wildman–Crippen MR) is 76.9 cm³/mol. The van der Waals surface area contributed by atoms with Gasteiger partial charge in [0.05, 0.1) is 0 Å². The van der Waals surface area contributed by atoms with Crippen LogP contribution in [0.4, 0.5) is 0 Å². The van der Waals surface area contributed by atoms with E-state index in [2.05, 4.69) is 17.1 Å². The molecule has 0 aromatic heterocycles. The first-order valence-electron chi connectivity index (χ1n) is 8.29. The molecule has 0 aromatic rings. The van der Waals surface area contributed by atoms with Crippen LogP contribution in [0.5, 0.6) is 0 Å². The molecule has 1 saturated heterocycles. The van der Waals surface area contributed by atoms with Crippen molar-refractivity contribution in [2.24, 2.45) is 11.8 Å². The molecular formula is C16H28N2O. The highest BCUT2D eigenvalue weighted by molar-refractivity contribution is 5.80. The smallest absolute Gasteiger partial charge is 0.226 e. The molecule has 3 rings (SSSR count). The van der Waals surface area contributed by atoms with E-state index in [0.29, 0.717) is 29.8 Å². The van der Waals surface area contributed by atoms with Gasteiger partial charge in [-0.1, -0.05) is 19.8 Å². The summed E-state index contributed by atoms with van der Waals surface area (Å²) >= 11 is 0. The first kappa shape index (κ1) is 13.4. The minimum absolute atomic E-state index is 0.323. The van der Waals surface area contributed by atoms with Crippen LogP contribution in [0, 0.1) is 11.8 Å². The molecule has 1 N–H and O–H groups in total. The fraction of sp³-hybridized carbons (Fsp3) is 0.938. The summed E-state index contributed by atoms with van der Waals surface area (Å²) < 4.78 is 0. The molecule has 1 aliphatic heterocycles. The minimum Gasteiger partial charge on any atom is -0.338 e. The number of nitrogens with one attached hydrogen (secondary N) is 1. The molecule has 2 saturated carbocycles. The largest absolute Gasteiger partial charge is 0.338 e. The van der Waals surface area contributed by atoms with E-state index in [4.69, 9.17) is 0 Å². The van der Waals surface area contributed by atoms with E-state index in [0.717, 1.165) is 19.5 Å². The third kappa shape index (κ3) is 3.13. The van der Waals surface area contributed by atoms with E-state index in [1.807, 2.05) is 0 Å². The van der Waals surface area contributed by atoms with Crippen LogP contribution in [0.15, 0.2) is 0 Å². The molecule has 3 fully saturated rings. The second-order valence-corrected chi connectivity index (χ2v) is 6.88. The second-order valence-electron chi connectivity index (χ2n) is 6.88. The molecule has 3 aliphatic rings. The lowest BCUT2D eigenvalue weighted by Crippen LogP contribution is -2.48. The van der Waals surface area contributed by atoms with Crippen molar-refractivity contribution < 1.29 is 4.79 Å². The molecular weight excluding hydrogens is 236 g/mol. The Morgan fingerprint density at radius 2 is 1.95 bits per heavy atom. The first-order valence-corrected chi connectivity index (χ1v) is 8.29. The number of carbonyl (C=O) groups is 1. The summed E-state index contributed by atoms with van der Waals surface area (Å²) in [4.78, 5) is 15.1. The van der Waals surface area contributed by atoms with Crippen LogP contribution < -0.4 is 5.32 Å². The number of hydrogen-bond donors (Lipinski definition) is 1. The van der Waals surface area contributed by atoms with E-state index in [1.54, 1.807) is 0 Å². The third-order valence-corrected chi connectivity index (χ3v) is 5.28. The molecule has 1 heterocycles. The van der Waals surface area contributed by atoms with Gasteiger partial charge in [0.25, 0.3) is 0 Å². The molecule has 0 radical (unpaired) electrons. The Hall–Kier alpha value is -0.570. The zero-order valence-corrected chi connectivity index (χ0v) is 12.2. The number of carbonyl (C=O) groups excluding carboxylic acids is 1. The van der Waals surface area contributed by atoms with Gasteiger partial charge in [-0.25, -0.2) is 0 Å². The molecule has 0 bridgehead atoms. The maximum Gasteiger partial charge on any atom is 0.226 e. The van der Waals surface area contributed by atoms with E-state index in [-0.39, 0.29) is 0 Å². The van der Waals surface area contributed by atoms with Gasteiger partial charge in [0.2, 0.25) is 5.91 Å². The van der Waals surface area contributed by atoms with Crippen molar-refractivity contribution >= 4 is 5.91 Å². The summed E-state index contributed by atoms with van der Waals surface area (Å²) in [6, 6.07) is 1.12. The van der Waals surface area contributed by atoms with Gasteiger partial charge in [0.15, 0.2) is 0 Å². The Kier molecular flexibility index (Phi) is 4.11. The Labute approximate surface area is 117 Å². The van der Waals surface area contributed by atoms with Crippen LogP contribution in [0.3, 0.4) is 0 Å². The normalized spacial score (nSPS) is 35.3. The topological polar surface area (TPSA) is 32.3 Å². The van der Waals surface area contributed by atoms with Crippen molar-refractivity contribution in [3.05, 3.63) is 0 Å². The average molecular weight is 264 g/mol. The maximum absolute atomic E-state index is 12.8. The van der Waals surface area contributed by atoms with Gasteiger partial charge in [-0.2, -0.15) is 0 Å². The van der Waals surface area contributed by atoms with E-state index in [9.17, 15) is 4.79 Å². The van der Waals surface area contributed by atoms with E-state index >= 15 is 0 Å². The second kappa shape index (κ2) is 5.82. The van der Waals surface area contributed by atoms with Crippen LogP contribution in [-0.2, 0) is 4.79 Å². The monoisotopic (exact) mass is 264 g/mol. The van der Waals surface area contributed by atoms with Crippen LogP contribution in [0.1, 0.15) is 58.3 Å². The average Bonchev–Trinajstić information content (AvgIpc) is 3.18. The molecule has 1 amide bonds. The van der Waals surface area contributed by atoms with Crippen molar-refractivity contribution in [3.63, 3.8) is 0 Å². The van der Waals surface area contributed by atoms with Crippen molar-refractivity contribution in [1.82, 2.24) is 10.2 Å². The predicted octanol–water partition coefficient (Wildman–Crippen LogP) is 2.56. The van der Waals surface area contributed by atoms with Crippen molar-refractivity contribution in [2.45, 2.75) is 70.4 Å². The summed E-state index contributed by atoms with van der Waals surface area (Å²) in [5.41, 5.74) is 0. The number of hydrogen-bond acceptors (Lipinski definition) is 2. The quantitative estimate of drug-likeness (QED) is 0.846. The number of rotatable bonds is 4. The Balaban J connectivity index is 1.61. The molecule has 0 spiro atoms. The van der Waals surface area contributed by atoms with Gasteiger partial charge in [-0.05, 0) is 51.0 Å². The van der Waals surface area contributed by atoms with Crippen LogP contribution in [0.25, 0.3) is 0 Å². The lowest BCUT2D eigenvalue weighted by molar-refractivity contribution is -0.137. The van der Waals surface area contributed by atoms with Gasteiger partial charge >= 0.3 is 0 Å². The van der Waals surface area contributed by atoms with Gasteiger partial charge in [-0.3, -0.25) is 4.79 Å². The SMILES string of the molecule is CC1CCCC1C(=O)N(CC1CCCCN1)C1CC1. The van der Waals surface area contributed by atoms with Crippen molar-refractivity contribution in [3.8, 4) is 0 Å². The van der Waals surface area contributed by atoms with Gasteiger partial charge in [-0.15, -0.1) is 0 Å². The molecule has 3 nitrogen and oxygen atoms in total. The number of nitrogens with zero attached hydrogens (tertiary/aromatic N) is 1. The minimum atomic E-state index is 0.323. The summed E-state index contributed by atoms with van der Waals surface area (Å²) in [6.07, 6.45) is 9.96. The Morgan fingerprint density at radius 1 is 1.11 bits per heavy atom. The molecule has 3 atom stereocenters. The zero-order valence-electron chi connectivity index (χ0n) is 12.2. The number of amides is 1. The highest BCUT2D eigenvalue weighted by Crippen LogP contribution is 2.36. The lowest BCUT2D eigenvalue weighted by atomic mass is 9.95. The Bertz CT molecular complexity index is 321. The first-order chi connectivity index (χ1) is 9.25. The summed E-state index contributed by atoms with van der Waals surface area (Å²) in [5.74, 6) is 1.40. The van der Waals surface area contributed by atoms with Gasteiger partial charge < -0.3 is 10.2 Å². The van der Waals surface area contributed by atoms with Gasteiger partial charge in [0.1, 0.15) is 0 Å². The summed E-state index contributed by atoms with van der Waals surface area (Å²) in [5, 5.41) is 3.59. The fourth-order valence-electron chi connectivity index (χ4n) is 3.85. The summed E-state index contributed by atoms with van der Waals surface area (Å²) in [6.45, 7) is 4.36. The van der Waals surface area contributed by atoms with Crippen molar-refractivity contribution in [1.29, 1.82) is 0 Å². The lowest BCUT2D eigenvalue weighted by Gasteiger charge is -2.33. The molecule has 19 heavy (non-hydrogen) atoms. The number of piperidine rings is 1. The third-order valence-electron chi connectivity index (χ3n) is 5.28. The van der Waals surface area contributed by atoms with Crippen molar-refractivity contribution in [2.75, 3.05) is 13.1 Å². The molecule has 3 heteroatoms. The van der Waals surface area contributed by atoms with Gasteiger partial charge in [0, 0.05) is 24.5 Å². The maximum atomic E-state index is 12.8. The molecule has 108 valence electrons. The van der Waals surface area contributed by atoms with Crippen LogP contribution >= 0.6 is 0 Å². The summed E-state index contributed by atoms with van der Waals surface area (Å²) in [7, 11) is 0. The molecule has 0 aromatic carbocycles. The highest BCUT2D eigenvalue weighted by atomic mass is 16.2. The standard InChI is InChI=1S/C16H28N2O/c1-12-5-4-7-15(12)16(19)18(14-8-9-14)11-13-6-2-3-10-17-13/h12-15,17H,2-11H2,1H3. The zero-order chi connectivity index (χ0) is 13.2. The van der Waals surface area contributed by atoms with Crippen LogP contribution in [-0.4, -0.2) is 36.0 Å². The van der Waals surface area contributed by atoms with Crippen LogP contribution in [0.2, 0.25) is 0 Å². The molecule has 3 unspecified atom stereocenters. The van der Waals surface area contributed by atoms with E-state index in [1.165, 1.54) is 44.9 Å². The fourth-order valence-corrected chi connectivity index (χ4v) is 3.85. The highest BCUT2D eigenvalue weighted by Gasteiger charge is 2.39.